The summed E-state index contributed by atoms with van der Waals surface area (Å²) in [5, 5.41) is 5.04. The highest BCUT2D eigenvalue weighted by molar-refractivity contribution is 6.25. The van der Waals surface area contributed by atoms with Crippen molar-refractivity contribution in [1.29, 1.82) is 0 Å². The van der Waals surface area contributed by atoms with Crippen molar-refractivity contribution in [2.75, 3.05) is 0 Å². The summed E-state index contributed by atoms with van der Waals surface area (Å²) in [5.74, 6) is 0. The van der Waals surface area contributed by atoms with Crippen molar-refractivity contribution in [3.63, 3.8) is 0 Å². The van der Waals surface area contributed by atoms with Crippen LogP contribution in [0.1, 0.15) is 25.3 Å². The van der Waals surface area contributed by atoms with Crippen molar-refractivity contribution in [3.05, 3.63) is 218 Å². The lowest BCUT2D eigenvalue weighted by atomic mass is 9.77. The third-order valence-corrected chi connectivity index (χ3v) is 12.4. The molecule has 0 saturated heterocycles. The number of hydrogen-bond donors (Lipinski definition) is 0. The van der Waals surface area contributed by atoms with Gasteiger partial charge in [-0.05, 0) is 94.1 Å². The van der Waals surface area contributed by atoms with E-state index in [0.29, 0.717) is 0 Å². The molecular weight excluding hydrogens is 725 g/mol. The molecule has 11 rings (SSSR count). The average Bonchev–Trinajstić information content (AvgIpc) is 3.85. The predicted molar refractivity (Wildman–Crippen MR) is 255 cm³/mol. The fraction of sp³-hybridized carbons (Fsp3) is 0.0690. The third kappa shape index (κ3) is 5.79. The van der Waals surface area contributed by atoms with Crippen LogP contribution < -0.4 is 0 Å². The Balaban J connectivity index is 1.46. The Labute approximate surface area is 351 Å². The molecule has 2 aromatic heterocycles. The average molecular weight is 769 g/mol. The van der Waals surface area contributed by atoms with Crippen LogP contribution in [0.3, 0.4) is 0 Å². The van der Waals surface area contributed by atoms with Gasteiger partial charge in [0.25, 0.3) is 0 Å². The third-order valence-electron chi connectivity index (χ3n) is 12.4. The summed E-state index contributed by atoms with van der Waals surface area (Å²) in [4.78, 5) is 0. The van der Waals surface area contributed by atoms with Crippen LogP contribution in [0.2, 0.25) is 0 Å². The van der Waals surface area contributed by atoms with Gasteiger partial charge in [-0.15, -0.1) is 0 Å². The molecule has 0 atom stereocenters. The zero-order chi connectivity index (χ0) is 40.0. The Kier molecular flexibility index (Phi) is 8.97. The molecule has 8 aromatic carbocycles. The van der Waals surface area contributed by atoms with Crippen LogP contribution in [0.25, 0.3) is 99.7 Å². The number of nitrogens with zero attached hydrogens (tertiary/aromatic N) is 2. The lowest BCUT2D eigenvalue weighted by molar-refractivity contribution is 0.827. The van der Waals surface area contributed by atoms with E-state index in [1.807, 2.05) is 0 Å². The first-order valence-corrected chi connectivity index (χ1v) is 21.2. The smallest absolute Gasteiger partial charge is 0.0620 e. The Morgan fingerprint density at radius 3 is 1.42 bits per heavy atom. The molecule has 286 valence electrons. The quantitative estimate of drug-likeness (QED) is 0.146. The maximum Gasteiger partial charge on any atom is 0.0620 e. The zero-order valence-corrected chi connectivity index (χ0v) is 33.7. The van der Waals surface area contributed by atoms with E-state index >= 15 is 0 Å². The number of hydrogen-bond acceptors (Lipinski definition) is 0. The van der Waals surface area contributed by atoms with E-state index in [9.17, 15) is 0 Å². The molecule has 0 saturated carbocycles. The normalized spacial score (nSPS) is 12.7. The van der Waals surface area contributed by atoms with Crippen LogP contribution in [-0.2, 0) is 6.54 Å². The van der Waals surface area contributed by atoms with Gasteiger partial charge in [0.2, 0.25) is 0 Å². The van der Waals surface area contributed by atoms with Crippen molar-refractivity contribution >= 4 is 38.2 Å². The Bertz CT molecular complexity index is 3240. The highest BCUT2D eigenvalue weighted by Crippen LogP contribution is 2.56. The van der Waals surface area contributed by atoms with Gasteiger partial charge in [-0.1, -0.05) is 188 Å². The minimum absolute atomic E-state index is 0.901. The molecule has 0 aliphatic heterocycles. The molecule has 1 aliphatic rings. The van der Waals surface area contributed by atoms with Gasteiger partial charge >= 0.3 is 0 Å². The molecule has 10 aromatic rings. The minimum atomic E-state index is 0.901. The molecule has 2 heteroatoms. The SMILES string of the molecule is CCn1c2ccccc2c2cc(-n3c(-c4ccccc4)c4c(-c5ccccc5)c(C5=CC=CCC5)c(-c5ccccc5)c(-c5ccccc5)c4c3-c3ccccc3)ccc21. The molecule has 0 bridgehead atoms. The van der Waals surface area contributed by atoms with Gasteiger partial charge in [0.05, 0.1) is 11.4 Å². The second-order valence-corrected chi connectivity index (χ2v) is 15.7. The van der Waals surface area contributed by atoms with Crippen LogP contribution >= 0.6 is 0 Å². The van der Waals surface area contributed by atoms with Crippen molar-refractivity contribution in [1.82, 2.24) is 9.13 Å². The van der Waals surface area contributed by atoms with Gasteiger partial charge < -0.3 is 9.13 Å². The van der Waals surface area contributed by atoms with Crippen LogP contribution in [0.5, 0.6) is 0 Å². The number of fused-ring (bicyclic) bond motifs is 4. The summed E-state index contributed by atoms with van der Waals surface area (Å²) in [6.45, 7) is 3.15. The molecule has 0 radical (unpaired) electrons. The summed E-state index contributed by atoms with van der Waals surface area (Å²) >= 11 is 0. The topological polar surface area (TPSA) is 9.86 Å². The molecule has 0 spiro atoms. The van der Waals surface area contributed by atoms with Crippen molar-refractivity contribution < 1.29 is 0 Å². The monoisotopic (exact) mass is 768 g/mol. The van der Waals surface area contributed by atoms with Gasteiger partial charge in [-0.2, -0.15) is 0 Å². The van der Waals surface area contributed by atoms with Crippen LogP contribution in [-0.4, -0.2) is 9.13 Å². The largest absolute Gasteiger partial charge is 0.341 e. The summed E-state index contributed by atoms with van der Waals surface area (Å²) in [7, 11) is 0. The summed E-state index contributed by atoms with van der Waals surface area (Å²) in [5.41, 5.74) is 18.4. The highest BCUT2D eigenvalue weighted by atomic mass is 15.0. The van der Waals surface area contributed by atoms with Crippen LogP contribution in [0.15, 0.2) is 212 Å². The summed E-state index contributed by atoms with van der Waals surface area (Å²) < 4.78 is 5.04. The van der Waals surface area contributed by atoms with Crippen LogP contribution in [0, 0.1) is 0 Å². The van der Waals surface area contributed by atoms with Crippen LogP contribution in [0.4, 0.5) is 0 Å². The van der Waals surface area contributed by atoms with Gasteiger partial charge in [0.1, 0.15) is 0 Å². The number of aromatic nitrogens is 2. The van der Waals surface area contributed by atoms with Crippen molar-refractivity contribution in [3.8, 4) is 61.6 Å². The Morgan fingerprint density at radius 1 is 0.433 bits per heavy atom. The van der Waals surface area contributed by atoms with E-state index in [4.69, 9.17) is 0 Å². The maximum absolute atomic E-state index is 2.60. The Morgan fingerprint density at radius 2 is 0.900 bits per heavy atom. The van der Waals surface area contributed by atoms with E-state index < -0.39 is 0 Å². The first kappa shape index (κ1) is 35.7. The zero-order valence-electron chi connectivity index (χ0n) is 33.7. The number of allylic oxidation sites excluding steroid dienone is 4. The molecule has 0 unspecified atom stereocenters. The summed E-state index contributed by atoms with van der Waals surface area (Å²) in [6.07, 6.45) is 8.89. The van der Waals surface area contributed by atoms with E-state index in [1.165, 1.54) is 99.6 Å². The van der Waals surface area contributed by atoms with E-state index in [-0.39, 0.29) is 0 Å². The highest BCUT2D eigenvalue weighted by Gasteiger charge is 2.33. The summed E-state index contributed by atoms with van der Waals surface area (Å²) in [6, 6.07) is 71.6. The number of para-hydroxylation sites is 1. The second-order valence-electron chi connectivity index (χ2n) is 15.7. The minimum Gasteiger partial charge on any atom is -0.341 e. The number of aryl methyl sites for hydroxylation is 1. The predicted octanol–water partition coefficient (Wildman–Crippen LogP) is 15.8. The second kappa shape index (κ2) is 15.1. The van der Waals surface area contributed by atoms with Gasteiger partial charge in [0.15, 0.2) is 0 Å². The first-order valence-electron chi connectivity index (χ1n) is 21.2. The first-order chi connectivity index (χ1) is 29.8. The molecule has 60 heavy (non-hydrogen) atoms. The van der Waals surface area contributed by atoms with E-state index in [1.54, 1.807) is 0 Å². The molecule has 0 N–H and O–H groups in total. The van der Waals surface area contributed by atoms with Crippen molar-refractivity contribution in [2.24, 2.45) is 0 Å². The molecule has 0 amide bonds. The maximum atomic E-state index is 2.60. The molecule has 1 aliphatic carbocycles. The van der Waals surface area contributed by atoms with Gasteiger partial charge in [-0.3, -0.25) is 0 Å². The fourth-order valence-electron chi connectivity index (χ4n) is 9.89. The number of rotatable bonds is 8. The fourth-order valence-corrected chi connectivity index (χ4v) is 9.89. The Hall–Kier alpha value is -7.42. The standard InChI is InChI=1S/C58H44N2/c1-2-59-49-36-22-21-35-47(49)48-39-46(37-38-50(48)59)60-57(44-31-17-7-18-32-44)55-53(42-27-13-5-14-28-42)51(40-23-9-3-10-24-40)52(41-25-11-4-12-26-41)54(43-29-15-6-16-30-43)56(55)58(60)45-33-19-8-20-34-45/h3-11,13-25,27-39H,2,12,26H2,1H3. The van der Waals surface area contributed by atoms with E-state index in [0.717, 1.165) is 25.1 Å². The molecule has 0 fully saturated rings. The van der Waals surface area contributed by atoms with Crippen molar-refractivity contribution in [2.45, 2.75) is 26.3 Å². The lowest BCUT2D eigenvalue weighted by Gasteiger charge is -2.25. The molecule has 2 heterocycles. The van der Waals surface area contributed by atoms with Gasteiger partial charge in [-0.25, -0.2) is 0 Å². The van der Waals surface area contributed by atoms with Gasteiger partial charge in [0, 0.05) is 50.4 Å². The number of benzene rings is 8. The molecular formula is C58H44N2. The van der Waals surface area contributed by atoms with E-state index in [2.05, 4.69) is 228 Å². The lowest BCUT2D eigenvalue weighted by Crippen LogP contribution is -2.01. The molecule has 2 nitrogen and oxygen atoms in total.